The number of carboxylic acids is 1. The molecule has 5 nitrogen and oxygen atoms in total. The normalized spacial score (nSPS) is 13.0. The van der Waals surface area contributed by atoms with Crippen LogP contribution in [0.3, 0.4) is 0 Å². The molecule has 0 bridgehead atoms. The third-order valence-electron chi connectivity index (χ3n) is 2.53. The molecule has 1 rings (SSSR count). The number of hydrogen-bond donors (Lipinski definition) is 2. The Morgan fingerprint density at radius 1 is 1.33 bits per heavy atom. The number of rotatable bonds is 6. The third-order valence-corrected chi connectivity index (χ3v) is 4.01. The van der Waals surface area contributed by atoms with Crippen molar-refractivity contribution in [3.05, 3.63) is 29.8 Å². The van der Waals surface area contributed by atoms with Gasteiger partial charge in [-0.15, -0.1) is 0 Å². The Labute approximate surface area is 107 Å². The molecule has 1 aromatic rings. The van der Waals surface area contributed by atoms with Gasteiger partial charge < -0.3 is 5.11 Å². The zero-order valence-electron chi connectivity index (χ0n) is 10.4. The molecule has 0 aliphatic heterocycles. The van der Waals surface area contributed by atoms with E-state index in [1.807, 2.05) is 19.1 Å². The monoisotopic (exact) mass is 271 g/mol. The van der Waals surface area contributed by atoms with E-state index in [0.29, 0.717) is 5.69 Å². The summed E-state index contributed by atoms with van der Waals surface area (Å²) in [5, 5.41) is 8.69. The first-order chi connectivity index (χ1) is 8.34. The molecule has 0 spiro atoms. The van der Waals surface area contributed by atoms with Gasteiger partial charge in [0.25, 0.3) is 0 Å². The maximum atomic E-state index is 11.7. The number of carboxylic acid groups (broad SMARTS) is 1. The van der Waals surface area contributed by atoms with Crippen LogP contribution in [0.25, 0.3) is 0 Å². The zero-order chi connectivity index (χ0) is 13.8. The standard InChI is InChI=1S/C12H17NO4S/c1-3-10-4-6-11(7-5-10)13-18(16,17)8-9(2)12(14)15/h4-7,9,13H,3,8H2,1-2H3,(H,14,15). The molecule has 0 aliphatic rings. The van der Waals surface area contributed by atoms with E-state index in [1.54, 1.807) is 12.1 Å². The Kier molecular flexibility index (Phi) is 4.72. The maximum Gasteiger partial charge on any atom is 0.307 e. The van der Waals surface area contributed by atoms with Gasteiger partial charge in [0.15, 0.2) is 0 Å². The molecule has 1 atom stereocenters. The molecule has 1 aromatic carbocycles. The molecule has 2 N–H and O–H groups in total. The minimum Gasteiger partial charge on any atom is -0.481 e. The molecule has 18 heavy (non-hydrogen) atoms. The molecular formula is C12H17NO4S. The Morgan fingerprint density at radius 2 is 1.89 bits per heavy atom. The molecule has 0 heterocycles. The quantitative estimate of drug-likeness (QED) is 0.825. The SMILES string of the molecule is CCc1ccc(NS(=O)(=O)CC(C)C(=O)O)cc1. The van der Waals surface area contributed by atoms with E-state index in [0.717, 1.165) is 12.0 Å². The predicted molar refractivity (Wildman–Crippen MR) is 70.0 cm³/mol. The van der Waals surface area contributed by atoms with Gasteiger partial charge in [-0.1, -0.05) is 26.0 Å². The van der Waals surface area contributed by atoms with Crippen molar-refractivity contribution in [3.63, 3.8) is 0 Å². The van der Waals surface area contributed by atoms with Crippen molar-refractivity contribution < 1.29 is 18.3 Å². The average molecular weight is 271 g/mol. The smallest absolute Gasteiger partial charge is 0.307 e. The zero-order valence-corrected chi connectivity index (χ0v) is 11.2. The van der Waals surface area contributed by atoms with Gasteiger partial charge in [-0.3, -0.25) is 9.52 Å². The van der Waals surface area contributed by atoms with Gasteiger partial charge in [0.2, 0.25) is 10.0 Å². The number of benzene rings is 1. The number of aliphatic carboxylic acids is 1. The summed E-state index contributed by atoms with van der Waals surface area (Å²) >= 11 is 0. The van der Waals surface area contributed by atoms with Crippen LogP contribution in [0.5, 0.6) is 0 Å². The van der Waals surface area contributed by atoms with Crippen molar-refractivity contribution in [1.82, 2.24) is 0 Å². The van der Waals surface area contributed by atoms with Crippen molar-refractivity contribution in [2.45, 2.75) is 20.3 Å². The number of hydrogen-bond acceptors (Lipinski definition) is 3. The first-order valence-corrected chi connectivity index (χ1v) is 7.31. The number of anilines is 1. The minimum absolute atomic E-state index is 0.433. The fourth-order valence-electron chi connectivity index (χ4n) is 1.43. The highest BCUT2D eigenvalue weighted by Gasteiger charge is 2.20. The average Bonchev–Trinajstić information content (AvgIpc) is 2.28. The summed E-state index contributed by atoms with van der Waals surface area (Å²) in [4.78, 5) is 10.6. The molecule has 0 aromatic heterocycles. The van der Waals surface area contributed by atoms with Crippen molar-refractivity contribution in [1.29, 1.82) is 0 Å². The lowest BCUT2D eigenvalue weighted by molar-refractivity contribution is -0.140. The Hall–Kier alpha value is -1.56. The lowest BCUT2D eigenvalue weighted by Gasteiger charge is -2.10. The van der Waals surface area contributed by atoms with E-state index >= 15 is 0 Å². The van der Waals surface area contributed by atoms with E-state index in [2.05, 4.69) is 4.72 Å². The second-order valence-electron chi connectivity index (χ2n) is 4.17. The van der Waals surface area contributed by atoms with Crippen molar-refractivity contribution in [2.24, 2.45) is 5.92 Å². The molecule has 0 aliphatic carbocycles. The van der Waals surface area contributed by atoms with Crippen molar-refractivity contribution >= 4 is 21.7 Å². The molecule has 0 radical (unpaired) electrons. The van der Waals surface area contributed by atoms with Crippen LogP contribution in [0, 0.1) is 5.92 Å². The van der Waals surface area contributed by atoms with Gasteiger partial charge in [0.1, 0.15) is 0 Å². The summed E-state index contributed by atoms with van der Waals surface area (Å²) in [6.45, 7) is 3.37. The molecule has 100 valence electrons. The van der Waals surface area contributed by atoms with E-state index in [9.17, 15) is 13.2 Å². The van der Waals surface area contributed by atoms with Crippen LogP contribution in [0.1, 0.15) is 19.4 Å². The fraction of sp³-hybridized carbons (Fsp3) is 0.417. The summed E-state index contributed by atoms with van der Waals surface area (Å²) in [5.41, 5.74) is 1.56. The van der Waals surface area contributed by atoms with Gasteiger partial charge >= 0.3 is 5.97 Å². The maximum absolute atomic E-state index is 11.7. The van der Waals surface area contributed by atoms with Crippen LogP contribution >= 0.6 is 0 Å². The highest BCUT2D eigenvalue weighted by atomic mass is 32.2. The van der Waals surface area contributed by atoms with Gasteiger partial charge in [0.05, 0.1) is 11.7 Å². The van der Waals surface area contributed by atoms with Gasteiger partial charge in [0, 0.05) is 5.69 Å². The lowest BCUT2D eigenvalue weighted by atomic mass is 10.2. The first kappa shape index (κ1) is 14.5. The van der Waals surface area contributed by atoms with Gasteiger partial charge in [-0.05, 0) is 24.1 Å². The minimum atomic E-state index is -3.63. The van der Waals surface area contributed by atoms with E-state index in [1.165, 1.54) is 6.92 Å². The molecule has 0 saturated heterocycles. The van der Waals surface area contributed by atoms with E-state index in [-0.39, 0.29) is 0 Å². The van der Waals surface area contributed by atoms with Crippen LogP contribution in [0.2, 0.25) is 0 Å². The van der Waals surface area contributed by atoms with Crippen molar-refractivity contribution in [2.75, 3.05) is 10.5 Å². The molecule has 1 unspecified atom stereocenters. The van der Waals surface area contributed by atoms with Crippen LogP contribution in [-0.4, -0.2) is 25.2 Å². The van der Waals surface area contributed by atoms with Crippen LogP contribution in [-0.2, 0) is 21.2 Å². The number of sulfonamides is 1. The largest absolute Gasteiger partial charge is 0.481 e. The topological polar surface area (TPSA) is 83.5 Å². The number of carbonyl (C=O) groups is 1. The summed E-state index contributed by atoms with van der Waals surface area (Å²) < 4.78 is 25.8. The van der Waals surface area contributed by atoms with Crippen molar-refractivity contribution in [3.8, 4) is 0 Å². The predicted octanol–water partition coefficient (Wildman–Crippen LogP) is 1.71. The molecule has 6 heteroatoms. The van der Waals surface area contributed by atoms with Gasteiger partial charge in [-0.25, -0.2) is 8.42 Å². The van der Waals surface area contributed by atoms with Gasteiger partial charge in [-0.2, -0.15) is 0 Å². The Balaban J connectivity index is 2.73. The molecule has 0 amide bonds. The van der Waals surface area contributed by atoms with Crippen LogP contribution < -0.4 is 4.72 Å². The lowest BCUT2D eigenvalue weighted by Crippen LogP contribution is -2.25. The summed E-state index contributed by atoms with van der Waals surface area (Å²) in [6.07, 6.45) is 0.878. The second kappa shape index (κ2) is 5.86. The molecule has 0 saturated carbocycles. The highest BCUT2D eigenvalue weighted by Crippen LogP contribution is 2.13. The van der Waals surface area contributed by atoms with E-state index < -0.39 is 27.7 Å². The first-order valence-electron chi connectivity index (χ1n) is 5.66. The summed E-state index contributed by atoms with van der Waals surface area (Å²) in [7, 11) is -3.63. The number of nitrogens with one attached hydrogen (secondary N) is 1. The molecule has 0 fully saturated rings. The molecular weight excluding hydrogens is 254 g/mol. The number of aryl methyl sites for hydroxylation is 1. The second-order valence-corrected chi connectivity index (χ2v) is 5.94. The Bertz CT molecular complexity index is 507. The third kappa shape index (κ3) is 4.37. The fourth-order valence-corrected chi connectivity index (χ4v) is 2.81. The van der Waals surface area contributed by atoms with E-state index in [4.69, 9.17) is 5.11 Å². The summed E-state index contributed by atoms with van der Waals surface area (Å²) in [5.74, 6) is -2.49. The summed E-state index contributed by atoms with van der Waals surface area (Å²) in [6, 6.07) is 7.00. The Morgan fingerprint density at radius 3 is 2.33 bits per heavy atom. The van der Waals surface area contributed by atoms with Crippen LogP contribution in [0.4, 0.5) is 5.69 Å². The van der Waals surface area contributed by atoms with Crippen LogP contribution in [0.15, 0.2) is 24.3 Å². The highest BCUT2D eigenvalue weighted by molar-refractivity contribution is 7.92.